The molecule has 2 aromatic carbocycles. The van der Waals surface area contributed by atoms with E-state index in [0.29, 0.717) is 28.0 Å². The standard InChI is InChI=1S/C20H15F4N5/c1-11-12(2)26-19(15-5-3-4-6-16(15)20(22,23)24)27-18(11)28-29-17-8-7-14(21)9-13(17)10-25-29/h3-10H,1-2H3,(H,26,27,28). The third kappa shape index (κ3) is 3.51. The second-order valence-corrected chi connectivity index (χ2v) is 6.52. The first-order valence-corrected chi connectivity index (χ1v) is 8.66. The molecule has 0 fully saturated rings. The highest BCUT2D eigenvalue weighted by molar-refractivity contribution is 5.79. The maximum absolute atomic E-state index is 13.4. The number of anilines is 1. The van der Waals surface area contributed by atoms with Crippen LogP contribution >= 0.6 is 0 Å². The number of alkyl halides is 3. The van der Waals surface area contributed by atoms with Crippen LogP contribution in [0.4, 0.5) is 23.4 Å². The van der Waals surface area contributed by atoms with E-state index in [9.17, 15) is 17.6 Å². The van der Waals surface area contributed by atoms with Gasteiger partial charge in [-0.1, -0.05) is 18.2 Å². The minimum Gasteiger partial charge on any atom is -0.260 e. The van der Waals surface area contributed by atoms with Crippen molar-refractivity contribution >= 4 is 16.7 Å². The molecule has 0 aliphatic carbocycles. The van der Waals surface area contributed by atoms with Crippen LogP contribution in [0.2, 0.25) is 0 Å². The van der Waals surface area contributed by atoms with Crippen molar-refractivity contribution in [1.82, 2.24) is 19.9 Å². The summed E-state index contributed by atoms with van der Waals surface area (Å²) in [6.07, 6.45) is -3.05. The van der Waals surface area contributed by atoms with Crippen LogP contribution in [-0.2, 0) is 6.18 Å². The summed E-state index contributed by atoms with van der Waals surface area (Å²) in [5.41, 5.74) is 3.83. The maximum Gasteiger partial charge on any atom is 0.417 e. The molecule has 4 rings (SSSR count). The Labute approximate surface area is 163 Å². The van der Waals surface area contributed by atoms with Crippen LogP contribution < -0.4 is 5.43 Å². The zero-order valence-corrected chi connectivity index (χ0v) is 15.4. The molecule has 0 saturated heterocycles. The van der Waals surface area contributed by atoms with Crippen LogP contribution in [0.25, 0.3) is 22.3 Å². The molecule has 0 radical (unpaired) electrons. The molecule has 0 aliphatic rings. The lowest BCUT2D eigenvalue weighted by molar-refractivity contribution is -0.137. The van der Waals surface area contributed by atoms with Gasteiger partial charge >= 0.3 is 6.18 Å². The quantitative estimate of drug-likeness (QED) is 0.483. The Morgan fingerprint density at radius 2 is 1.76 bits per heavy atom. The van der Waals surface area contributed by atoms with Gasteiger partial charge in [-0.05, 0) is 38.1 Å². The number of aryl methyl sites for hydroxylation is 1. The van der Waals surface area contributed by atoms with E-state index >= 15 is 0 Å². The molecular weight excluding hydrogens is 386 g/mol. The zero-order chi connectivity index (χ0) is 20.8. The number of nitrogens with one attached hydrogen (secondary N) is 1. The van der Waals surface area contributed by atoms with Crippen molar-refractivity contribution in [3.63, 3.8) is 0 Å². The second-order valence-electron chi connectivity index (χ2n) is 6.52. The number of aromatic nitrogens is 4. The highest BCUT2D eigenvalue weighted by atomic mass is 19.4. The number of fused-ring (bicyclic) bond motifs is 1. The Kier molecular flexibility index (Phi) is 4.45. The summed E-state index contributed by atoms with van der Waals surface area (Å²) in [5, 5.41) is 4.73. The third-order valence-corrected chi connectivity index (χ3v) is 4.60. The molecule has 1 N–H and O–H groups in total. The van der Waals surface area contributed by atoms with Crippen molar-refractivity contribution in [3.05, 3.63) is 71.3 Å². The van der Waals surface area contributed by atoms with Gasteiger partial charge in [0.05, 0.1) is 17.3 Å². The van der Waals surface area contributed by atoms with Crippen LogP contribution in [0.15, 0.2) is 48.7 Å². The van der Waals surface area contributed by atoms with Gasteiger partial charge in [0.15, 0.2) is 11.6 Å². The molecule has 0 spiro atoms. The molecule has 148 valence electrons. The Balaban J connectivity index is 1.81. The fourth-order valence-corrected chi connectivity index (χ4v) is 2.98. The molecule has 4 aromatic rings. The van der Waals surface area contributed by atoms with E-state index in [2.05, 4.69) is 20.5 Å². The molecule has 0 amide bonds. The summed E-state index contributed by atoms with van der Waals surface area (Å²) < 4.78 is 53.6. The van der Waals surface area contributed by atoms with Gasteiger partial charge in [-0.2, -0.15) is 23.1 Å². The van der Waals surface area contributed by atoms with Crippen LogP contribution in [0.3, 0.4) is 0 Å². The van der Waals surface area contributed by atoms with Gasteiger partial charge in [0.2, 0.25) is 0 Å². The smallest absolute Gasteiger partial charge is 0.260 e. The van der Waals surface area contributed by atoms with Crippen LogP contribution in [0.5, 0.6) is 0 Å². The van der Waals surface area contributed by atoms with Crippen molar-refractivity contribution in [3.8, 4) is 11.4 Å². The predicted octanol–water partition coefficient (Wildman–Crippen LogP) is 5.14. The molecule has 2 heterocycles. The Hall–Kier alpha value is -3.49. The molecule has 0 aliphatic heterocycles. The molecule has 9 heteroatoms. The molecule has 0 atom stereocenters. The third-order valence-electron chi connectivity index (χ3n) is 4.60. The average molecular weight is 401 g/mol. The van der Waals surface area contributed by atoms with Gasteiger partial charge in [0.25, 0.3) is 0 Å². The molecule has 5 nitrogen and oxygen atoms in total. The van der Waals surface area contributed by atoms with Crippen molar-refractivity contribution in [2.45, 2.75) is 20.0 Å². The normalized spacial score (nSPS) is 11.8. The lowest BCUT2D eigenvalue weighted by Gasteiger charge is -2.15. The lowest BCUT2D eigenvalue weighted by Crippen LogP contribution is -2.15. The molecule has 0 unspecified atom stereocenters. The van der Waals surface area contributed by atoms with Crippen LogP contribution in [0.1, 0.15) is 16.8 Å². The summed E-state index contributed by atoms with van der Waals surface area (Å²) in [5.74, 6) is -0.137. The van der Waals surface area contributed by atoms with Crippen LogP contribution in [-0.4, -0.2) is 19.9 Å². The number of benzene rings is 2. The van der Waals surface area contributed by atoms with Gasteiger partial charge in [-0.25, -0.2) is 14.4 Å². The van der Waals surface area contributed by atoms with Crippen molar-refractivity contribution in [1.29, 1.82) is 0 Å². The number of nitrogens with zero attached hydrogens (tertiary/aromatic N) is 4. The van der Waals surface area contributed by atoms with Crippen molar-refractivity contribution < 1.29 is 17.6 Å². The number of halogens is 4. The van der Waals surface area contributed by atoms with E-state index in [1.807, 2.05) is 0 Å². The Bertz CT molecular complexity index is 1210. The van der Waals surface area contributed by atoms with Gasteiger partial charge in [-0.3, -0.25) is 5.43 Å². The molecule has 0 saturated carbocycles. The number of hydrogen-bond acceptors (Lipinski definition) is 4. The Morgan fingerprint density at radius 1 is 1.00 bits per heavy atom. The number of rotatable bonds is 3. The Morgan fingerprint density at radius 3 is 2.52 bits per heavy atom. The predicted molar refractivity (Wildman–Crippen MR) is 101 cm³/mol. The minimum atomic E-state index is -4.53. The summed E-state index contributed by atoms with van der Waals surface area (Å²) in [4.78, 5) is 9.96. The first-order valence-electron chi connectivity index (χ1n) is 8.66. The SMILES string of the molecule is Cc1nc(-c2ccccc2C(F)(F)F)nc(Nn2ncc3cc(F)ccc32)c1C. The second kappa shape index (κ2) is 6.84. The minimum absolute atomic E-state index is 0.0500. The first-order chi connectivity index (χ1) is 13.7. The van der Waals surface area contributed by atoms with Gasteiger partial charge in [0.1, 0.15) is 5.82 Å². The summed E-state index contributed by atoms with van der Waals surface area (Å²) in [6, 6.07) is 9.34. The van der Waals surface area contributed by atoms with E-state index in [4.69, 9.17) is 0 Å². The fraction of sp³-hybridized carbons (Fsp3) is 0.150. The summed E-state index contributed by atoms with van der Waals surface area (Å²) in [7, 11) is 0. The van der Waals surface area contributed by atoms with Gasteiger partial charge < -0.3 is 0 Å². The monoisotopic (exact) mass is 401 g/mol. The highest BCUT2D eigenvalue weighted by Gasteiger charge is 2.34. The maximum atomic E-state index is 13.4. The summed E-state index contributed by atoms with van der Waals surface area (Å²) >= 11 is 0. The van der Waals surface area contributed by atoms with Crippen LogP contribution in [0, 0.1) is 19.7 Å². The molecular formula is C20H15F4N5. The highest BCUT2D eigenvalue weighted by Crippen LogP contribution is 2.36. The van der Waals surface area contributed by atoms with E-state index in [1.54, 1.807) is 19.9 Å². The topological polar surface area (TPSA) is 55.6 Å². The van der Waals surface area contributed by atoms with Gasteiger partial charge in [-0.15, -0.1) is 0 Å². The van der Waals surface area contributed by atoms with Gasteiger partial charge in [0, 0.05) is 22.2 Å². The van der Waals surface area contributed by atoms with E-state index < -0.39 is 17.6 Å². The van der Waals surface area contributed by atoms with E-state index in [0.717, 1.165) is 6.07 Å². The summed E-state index contributed by atoms with van der Waals surface area (Å²) in [6.45, 7) is 3.45. The van der Waals surface area contributed by atoms with E-state index in [-0.39, 0.29) is 11.4 Å². The fourth-order valence-electron chi connectivity index (χ4n) is 2.98. The first kappa shape index (κ1) is 18.9. The van der Waals surface area contributed by atoms with Crippen molar-refractivity contribution in [2.24, 2.45) is 0 Å². The lowest BCUT2D eigenvalue weighted by atomic mass is 10.1. The average Bonchev–Trinajstić information content (AvgIpc) is 3.06. The molecule has 29 heavy (non-hydrogen) atoms. The number of hydrogen-bond donors (Lipinski definition) is 1. The molecule has 0 bridgehead atoms. The molecule has 2 aromatic heterocycles. The van der Waals surface area contributed by atoms with E-state index in [1.165, 1.54) is 41.3 Å². The zero-order valence-electron chi connectivity index (χ0n) is 15.4. The largest absolute Gasteiger partial charge is 0.417 e. The van der Waals surface area contributed by atoms with Crippen molar-refractivity contribution in [2.75, 3.05) is 5.43 Å².